The van der Waals surface area contributed by atoms with E-state index in [4.69, 9.17) is 0 Å². The number of rotatable bonds is 7. The van der Waals surface area contributed by atoms with E-state index >= 15 is 0 Å². The van der Waals surface area contributed by atoms with Gasteiger partial charge in [0, 0.05) is 44.9 Å². The number of carbonyl (C=O) groups excluding carboxylic acids is 1. The van der Waals surface area contributed by atoms with E-state index in [1.807, 2.05) is 32.7 Å². The maximum absolute atomic E-state index is 13.0. The second kappa shape index (κ2) is 11.6. The van der Waals surface area contributed by atoms with Crippen LogP contribution >= 0.6 is 0 Å². The maximum atomic E-state index is 13.0. The molecule has 1 saturated heterocycles. The first-order valence-corrected chi connectivity index (χ1v) is 10.9. The van der Waals surface area contributed by atoms with Crippen molar-refractivity contribution in [3.05, 3.63) is 35.7 Å². The number of nitrogens with zero attached hydrogens (tertiary/aromatic N) is 5. The van der Waals surface area contributed by atoms with Crippen LogP contribution in [0.1, 0.15) is 57.2 Å². The SMILES string of the molecule is CC.CCCN(C)c1nc(Nc2cc(C(F)(F)F)ccn2)cc(C2CCCN(C=O)C2)n1. The van der Waals surface area contributed by atoms with Crippen molar-refractivity contribution in [1.29, 1.82) is 0 Å². The van der Waals surface area contributed by atoms with E-state index in [2.05, 4.69) is 20.3 Å². The summed E-state index contributed by atoms with van der Waals surface area (Å²) < 4.78 is 39.1. The third kappa shape index (κ3) is 6.80. The Balaban J connectivity index is 0.00000176. The van der Waals surface area contributed by atoms with E-state index in [1.165, 1.54) is 0 Å². The number of piperidine rings is 1. The Morgan fingerprint density at radius 3 is 2.66 bits per heavy atom. The lowest BCUT2D eigenvalue weighted by atomic mass is 9.95. The molecule has 1 unspecified atom stereocenters. The van der Waals surface area contributed by atoms with Gasteiger partial charge in [-0.05, 0) is 31.4 Å². The standard InChI is InChI=1S/C20H25F3N6O.C2H6/c1-3-8-28(2)19-25-16(14-5-4-9-29(12-14)13-30)11-18(27-19)26-17-10-15(6-7-24-17)20(21,22)23;1-2/h6-7,10-11,13-14H,3-5,8-9,12H2,1-2H3,(H,24,25,26,27);1-2H3. The van der Waals surface area contributed by atoms with Crippen LogP contribution in [-0.2, 0) is 11.0 Å². The van der Waals surface area contributed by atoms with Gasteiger partial charge in [0.1, 0.15) is 11.6 Å². The van der Waals surface area contributed by atoms with Gasteiger partial charge in [-0.1, -0.05) is 20.8 Å². The summed E-state index contributed by atoms with van der Waals surface area (Å²) in [4.78, 5) is 27.9. The third-order valence-electron chi connectivity index (χ3n) is 5.00. The summed E-state index contributed by atoms with van der Waals surface area (Å²) in [7, 11) is 1.87. The molecule has 2 aromatic rings. The lowest BCUT2D eigenvalue weighted by Gasteiger charge is -2.30. The zero-order chi connectivity index (χ0) is 23.7. The van der Waals surface area contributed by atoms with Crippen LogP contribution in [0.25, 0.3) is 0 Å². The Morgan fingerprint density at radius 2 is 2.00 bits per heavy atom. The highest BCUT2D eigenvalue weighted by atomic mass is 19.4. The number of alkyl halides is 3. The number of nitrogens with one attached hydrogen (secondary N) is 1. The van der Waals surface area contributed by atoms with Crippen LogP contribution in [0.4, 0.5) is 30.8 Å². The highest BCUT2D eigenvalue weighted by Gasteiger charge is 2.31. The van der Waals surface area contributed by atoms with Crippen LogP contribution in [0, 0.1) is 0 Å². The minimum Gasteiger partial charge on any atom is -0.345 e. The van der Waals surface area contributed by atoms with Gasteiger partial charge in [0.15, 0.2) is 0 Å². The molecule has 0 spiro atoms. The predicted octanol–water partition coefficient (Wildman–Crippen LogP) is 4.84. The van der Waals surface area contributed by atoms with Crippen molar-refractivity contribution < 1.29 is 18.0 Å². The van der Waals surface area contributed by atoms with Crippen molar-refractivity contribution in [3.63, 3.8) is 0 Å². The molecular formula is C22H31F3N6O. The topological polar surface area (TPSA) is 74.2 Å². The van der Waals surface area contributed by atoms with Crippen LogP contribution in [-0.4, -0.2) is 52.9 Å². The van der Waals surface area contributed by atoms with Gasteiger partial charge in [0.05, 0.1) is 11.3 Å². The molecule has 1 aliphatic rings. The van der Waals surface area contributed by atoms with Gasteiger partial charge in [0.2, 0.25) is 12.4 Å². The Bertz CT molecular complexity index is 877. The lowest BCUT2D eigenvalue weighted by Crippen LogP contribution is -2.33. The average molecular weight is 453 g/mol. The van der Waals surface area contributed by atoms with E-state index in [0.717, 1.165) is 56.2 Å². The Morgan fingerprint density at radius 1 is 1.25 bits per heavy atom. The number of aromatic nitrogens is 3. The van der Waals surface area contributed by atoms with E-state index in [0.29, 0.717) is 24.9 Å². The molecule has 0 radical (unpaired) electrons. The summed E-state index contributed by atoms with van der Waals surface area (Å²) in [5, 5.41) is 2.89. The minimum absolute atomic E-state index is 0.0377. The largest absolute Gasteiger partial charge is 0.416 e. The van der Waals surface area contributed by atoms with E-state index in [1.54, 1.807) is 11.0 Å². The summed E-state index contributed by atoms with van der Waals surface area (Å²) >= 11 is 0. The molecule has 1 amide bonds. The van der Waals surface area contributed by atoms with E-state index in [9.17, 15) is 18.0 Å². The number of anilines is 3. The Labute approximate surface area is 187 Å². The summed E-state index contributed by atoms with van der Waals surface area (Å²) in [5.41, 5.74) is -0.0320. The lowest BCUT2D eigenvalue weighted by molar-refractivity contribution is -0.137. The number of amides is 1. The fraction of sp³-hybridized carbons (Fsp3) is 0.545. The number of carbonyl (C=O) groups is 1. The first-order valence-electron chi connectivity index (χ1n) is 10.9. The zero-order valence-electron chi connectivity index (χ0n) is 19.0. The predicted molar refractivity (Wildman–Crippen MR) is 119 cm³/mol. The fourth-order valence-electron chi connectivity index (χ4n) is 3.48. The number of halogens is 3. The zero-order valence-corrected chi connectivity index (χ0v) is 19.0. The molecule has 1 fully saturated rings. The molecule has 1 N–H and O–H groups in total. The molecule has 3 heterocycles. The van der Waals surface area contributed by atoms with Crippen molar-refractivity contribution in [3.8, 4) is 0 Å². The molecule has 2 aromatic heterocycles. The van der Waals surface area contributed by atoms with Crippen molar-refractivity contribution in [2.24, 2.45) is 0 Å². The number of hydrogen-bond donors (Lipinski definition) is 1. The summed E-state index contributed by atoms with van der Waals surface area (Å²) in [6, 6.07) is 3.60. The monoisotopic (exact) mass is 452 g/mol. The molecule has 10 heteroatoms. The van der Waals surface area contributed by atoms with Gasteiger partial charge >= 0.3 is 6.18 Å². The molecule has 0 bridgehead atoms. The van der Waals surface area contributed by atoms with Crippen molar-refractivity contribution in [2.45, 2.75) is 52.1 Å². The van der Waals surface area contributed by atoms with Gasteiger partial charge in [-0.25, -0.2) is 9.97 Å². The molecule has 32 heavy (non-hydrogen) atoms. The number of pyridine rings is 1. The molecule has 3 rings (SSSR count). The first-order chi connectivity index (χ1) is 15.3. The van der Waals surface area contributed by atoms with Crippen molar-refractivity contribution in [1.82, 2.24) is 19.9 Å². The Hall–Kier alpha value is -2.91. The molecular weight excluding hydrogens is 421 g/mol. The highest BCUT2D eigenvalue weighted by Crippen LogP contribution is 2.31. The van der Waals surface area contributed by atoms with Gasteiger partial charge in [-0.15, -0.1) is 0 Å². The highest BCUT2D eigenvalue weighted by molar-refractivity contribution is 5.55. The molecule has 0 aromatic carbocycles. The smallest absolute Gasteiger partial charge is 0.345 e. The van der Waals surface area contributed by atoms with Crippen LogP contribution in [0.2, 0.25) is 0 Å². The van der Waals surface area contributed by atoms with Gasteiger partial charge in [-0.3, -0.25) is 4.79 Å². The summed E-state index contributed by atoms with van der Waals surface area (Å²) in [6.45, 7) is 8.04. The number of likely N-dealkylation sites (tertiary alicyclic amines) is 1. The first kappa shape index (κ1) is 25.4. The second-order valence-corrected chi connectivity index (χ2v) is 7.39. The molecule has 1 aliphatic heterocycles. The van der Waals surface area contributed by atoms with Gasteiger partial charge in [0.25, 0.3) is 0 Å². The molecule has 0 saturated carbocycles. The van der Waals surface area contributed by atoms with Crippen LogP contribution in [0.3, 0.4) is 0 Å². The van der Waals surface area contributed by atoms with Crippen LogP contribution < -0.4 is 10.2 Å². The third-order valence-corrected chi connectivity index (χ3v) is 5.00. The quantitative estimate of drug-likeness (QED) is 0.606. The summed E-state index contributed by atoms with van der Waals surface area (Å²) in [6.07, 6.45) is 0.127. The van der Waals surface area contributed by atoms with E-state index < -0.39 is 11.7 Å². The average Bonchev–Trinajstić information content (AvgIpc) is 2.80. The Kier molecular flexibility index (Phi) is 9.22. The van der Waals surface area contributed by atoms with E-state index in [-0.39, 0.29) is 11.7 Å². The maximum Gasteiger partial charge on any atom is 0.416 e. The van der Waals surface area contributed by atoms with Crippen LogP contribution in [0.5, 0.6) is 0 Å². The molecule has 1 atom stereocenters. The minimum atomic E-state index is -4.46. The van der Waals surface area contributed by atoms with Crippen LogP contribution in [0.15, 0.2) is 24.4 Å². The molecule has 0 aliphatic carbocycles. The second-order valence-electron chi connectivity index (χ2n) is 7.39. The normalized spacial score (nSPS) is 16.1. The summed E-state index contributed by atoms with van der Waals surface area (Å²) in [5.74, 6) is 0.938. The number of hydrogen-bond acceptors (Lipinski definition) is 6. The molecule has 7 nitrogen and oxygen atoms in total. The fourth-order valence-corrected chi connectivity index (χ4v) is 3.48. The van der Waals surface area contributed by atoms with Crippen molar-refractivity contribution >= 4 is 24.0 Å². The van der Waals surface area contributed by atoms with Gasteiger partial charge < -0.3 is 15.1 Å². The van der Waals surface area contributed by atoms with Gasteiger partial charge in [-0.2, -0.15) is 18.2 Å². The van der Waals surface area contributed by atoms with Crippen molar-refractivity contribution in [2.75, 3.05) is 36.9 Å². The molecule has 176 valence electrons.